The van der Waals surface area contributed by atoms with Crippen molar-refractivity contribution >= 4 is 34.9 Å². The molecule has 7 nitrogen and oxygen atoms in total. The van der Waals surface area contributed by atoms with E-state index in [1.165, 1.54) is 4.90 Å². The van der Waals surface area contributed by atoms with Gasteiger partial charge in [0, 0.05) is 18.8 Å². The number of benzene rings is 1. The van der Waals surface area contributed by atoms with Crippen LogP contribution in [-0.4, -0.2) is 72.3 Å². The zero-order valence-corrected chi connectivity index (χ0v) is 16.5. The number of rotatable bonds is 6. The Kier molecular flexibility index (Phi) is 6.96. The quantitative estimate of drug-likeness (QED) is 0.675. The van der Waals surface area contributed by atoms with Crippen molar-refractivity contribution in [3.8, 4) is 0 Å². The van der Waals surface area contributed by atoms with Crippen molar-refractivity contribution in [3.63, 3.8) is 0 Å². The summed E-state index contributed by atoms with van der Waals surface area (Å²) in [5.41, 5.74) is 1.79. The van der Waals surface area contributed by atoms with Gasteiger partial charge in [0.2, 0.25) is 5.91 Å². The monoisotopic (exact) mass is 427 g/mol. The van der Waals surface area contributed by atoms with Crippen LogP contribution < -0.4 is 10.2 Å². The minimum absolute atomic E-state index is 0.0363. The molecule has 2 aliphatic rings. The van der Waals surface area contributed by atoms with Crippen molar-refractivity contribution in [1.82, 2.24) is 10.2 Å². The third-order valence-electron chi connectivity index (χ3n) is 5.24. The van der Waals surface area contributed by atoms with E-state index in [9.17, 15) is 18.4 Å². The highest BCUT2D eigenvalue weighted by atomic mass is 32.1. The average Bonchev–Trinajstić information content (AvgIpc) is 3.12. The Balaban J connectivity index is 1.54. The van der Waals surface area contributed by atoms with Crippen molar-refractivity contribution in [2.24, 2.45) is 0 Å². The molecule has 0 radical (unpaired) electrons. The van der Waals surface area contributed by atoms with Crippen LogP contribution in [0.15, 0.2) is 24.3 Å². The summed E-state index contributed by atoms with van der Waals surface area (Å²) >= 11 is 4.52. The number of nitrogens with one attached hydrogen (secondary N) is 1. The molecule has 2 heterocycles. The van der Waals surface area contributed by atoms with Gasteiger partial charge in [0.05, 0.1) is 13.1 Å². The normalized spacial score (nSPS) is 20.1. The molecule has 29 heavy (non-hydrogen) atoms. The molecule has 3 rings (SSSR count). The maximum absolute atomic E-state index is 12.4. The minimum Gasteiger partial charge on any atom is -0.442 e. The Labute approximate surface area is 172 Å². The molecular weight excluding hydrogens is 404 g/mol. The number of carbonyl (C=O) groups is 2. The fourth-order valence-electron chi connectivity index (χ4n) is 3.62. The summed E-state index contributed by atoms with van der Waals surface area (Å²) in [7, 11) is 0. The van der Waals surface area contributed by atoms with E-state index in [1.54, 1.807) is 4.90 Å². The molecule has 0 unspecified atom stereocenters. The first-order chi connectivity index (χ1) is 13.9. The number of piperidine rings is 1. The number of nitrogens with zero attached hydrogens (tertiary/aromatic N) is 2. The number of anilines is 1. The molecule has 2 aliphatic heterocycles. The number of ether oxygens (including phenoxy) is 1. The fraction of sp³-hybridized carbons (Fsp3) is 0.526. The van der Waals surface area contributed by atoms with Crippen LogP contribution >= 0.6 is 12.2 Å². The number of alkyl halides is 2. The van der Waals surface area contributed by atoms with E-state index in [0.717, 1.165) is 18.4 Å². The zero-order valence-electron chi connectivity index (χ0n) is 15.7. The summed E-state index contributed by atoms with van der Waals surface area (Å²) < 4.78 is 30.1. The van der Waals surface area contributed by atoms with Crippen LogP contribution in [0, 0.1) is 0 Å². The number of aliphatic hydroxyl groups is 1. The molecule has 0 bridgehead atoms. The van der Waals surface area contributed by atoms with E-state index in [0.29, 0.717) is 24.7 Å². The van der Waals surface area contributed by atoms with E-state index < -0.39 is 30.2 Å². The fourth-order valence-corrected chi connectivity index (χ4v) is 3.70. The number of thiocarbonyl (C=S) groups is 1. The SMILES string of the molecule is O=C(CO)N1CCC(c2ccc(N3C[C@H](CNC(=S)C(F)F)OC3=O)cc2)CC1. The van der Waals surface area contributed by atoms with Crippen molar-refractivity contribution in [1.29, 1.82) is 0 Å². The van der Waals surface area contributed by atoms with Gasteiger partial charge in [-0.15, -0.1) is 0 Å². The number of hydrogen-bond acceptors (Lipinski definition) is 5. The molecule has 2 N–H and O–H groups in total. The Hall–Kier alpha value is -2.33. The molecule has 10 heteroatoms. The minimum atomic E-state index is -2.74. The zero-order chi connectivity index (χ0) is 21.0. The van der Waals surface area contributed by atoms with Gasteiger partial charge in [-0.25, -0.2) is 13.6 Å². The standard InChI is InChI=1S/C19H23F2N3O4S/c20-17(21)18(29)22-9-15-10-24(19(27)28-15)14-3-1-12(2-4-14)13-5-7-23(8-6-13)16(26)11-25/h1-4,13,15,17,25H,5-11H2,(H,22,29)/t15-/m0/s1. The second-order valence-electron chi connectivity index (χ2n) is 7.07. The van der Waals surface area contributed by atoms with E-state index in [1.807, 2.05) is 24.3 Å². The predicted octanol–water partition coefficient (Wildman–Crippen LogP) is 1.89. The summed E-state index contributed by atoms with van der Waals surface area (Å²) in [5.74, 6) is 0.0642. The highest BCUT2D eigenvalue weighted by Gasteiger charge is 2.33. The van der Waals surface area contributed by atoms with Crippen molar-refractivity contribution in [2.75, 3.05) is 37.7 Å². The van der Waals surface area contributed by atoms with E-state index >= 15 is 0 Å². The Morgan fingerprint density at radius 2 is 1.93 bits per heavy atom. The summed E-state index contributed by atoms with van der Waals surface area (Å²) in [6, 6.07) is 7.57. The van der Waals surface area contributed by atoms with Crippen LogP contribution in [0.2, 0.25) is 0 Å². The van der Waals surface area contributed by atoms with Gasteiger partial charge in [0.15, 0.2) is 0 Å². The lowest BCUT2D eigenvalue weighted by Crippen LogP contribution is -2.39. The third-order valence-corrected chi connectivity index (χ3v) is 5.56. The van der Waals surface area contributed by atoms with E-state index in [2.05, 4.69) is 17.5 Å². The first-order valence-corrected chi connectivity index (χ1v) is 9.82. The molecule has 2 saturated heterocycles. The second kappa shape index (κ2) is 9.45. The molecule has 0 spiro atoms. The maximum atomic E-state index is 12.4. The number of amides is 2. The number of hydrogen-bond donors (Lipinski definition) is 2. The summed E-state index contributed by atoms with van der Waals surface area (Å²) in [5, 5.41) is 11.4. The van der Waals surface area contributed by atoms with Gasteiger partial charge < -0.3 is 20.1 Å². The Morgan fingerprint density at radius 1 is 1.28 bits per heavy atom. The van der Waals surface area contributed by atoms with Gasteiger partial charge in [-0.2, -0.15) is 0 Å². The number of halogens is 2. The molecule has 1 aromatic rings. The largest absolute Gasteiger partial charge is 0.442 e. The van der Waals surface area contributed by atoms with Gasteiger partial charge >= 0.3 is 6.09 Å². The van der Waals surface area contributed by atoms with Crippen LogP contribution in [0.4, 0.5) is 19.3 Å². The van der Waals surface area contributed by atoms with Crippen LogP contribution in [-0.2, 0) is 9.53 Å². The Bertz CT molecular complexity index is 754. The molecule has 1 atom stereocenters. The number of carbonyl (C=O) groups excluding carboxylic acids is 2. The second-order valence-corrected chi connectivity index (χ2v) is 7.51. The van der Waals surface area contributed by atoms with Gasteiger partial charge in [-0.3, -0.25) is 9.69 Å². The van der Waals surface area contributed by atoms with Gasteiger partial charge in [-0.1, -0.05) is 24.4 Å². The van der Waals surface area contributed by atoms with Crippen molar-refractivity contribution in [3.05, 3.63) is 29.8 Å². The first kappa shape index (κ1) is 21.4. The Morgan fingerprint density at radius 3 is 2.52 bits per heavy atom. The number of cyclic esters (lactones) is 1. The molecule has 2 amide bonds. The lowest BCUT2D eigenvalue weighted by molar-refractivity contribution is -0.135. The van der Waals surface area contributed by atoms with Crippen molar-refractivity contribution in [2.45, 2.75) is 31.3 Å². The van der Waals surface area contributed by atoms with Crippen LogP contribution in [0.3, 0.4) is 0 Å². The lowest BCUT2D eigenvalue weighted by atomic mass is 9.89. The van der Waals surface area contributed by atoms with Crippen molar-refractivity contribution < 1.29 is 28.2 Å². The third kappa shape index (κ3) is 5.18. The van der Waals surface area contributed by atoms with Crippen LogP contribution in [0.25, 0.3) is 0 Å². The number of likely N-dealkylation sites (tertiary alicyclic amines) is 1. The van der Waals surface area contributed by atoms with Gasteiger partial charge in [0.25, 0.3) is 6.43 Å². The molecule has 0 saturated carbocycles. The lowest BCUT2D eigenvalue weighted by Gasteiger charge is -2.32. The van der Waals surface area contributed by atoms with E-state index in [-0.39, 0.29) is 19.0 Å². The van der Waals surface area contributed by atoms with Gasteiger partial charge in [0.1, 0.15) is 17.7 Å². The predicted molar refractivity (Wildman–Crippen MR) is 106 cm³/mol. The first-order valence-electron chi connectivity index (χ1n) is 9.41. The molecule has 2 fully saturated rings. The highest BCUT2D eigenvalue weighted by Crippen LogP contribution is 2.30. The molecule has 0 aromatic heterocycles. The molecular formula is C19H23F2N3O4S. The topological polar surface area (TPSA) is 82.1 Å². The number of aliphatic hydroxyl groups excluding tert-OH is 1. The molecule has 0 aliphatic carbocycles. The van der Waals surface area contributed by atoms with E-state index in [4.69, 9.17) is 9.84 Å². The van der Waals surface area contributed by atoms with Crippen LogP contribution in [0.1, 0.15) is 24.3 Å². The molecule has 1 aromatic carbocycles. The summed E-state index contributed by atoms with van der Waals surface area (Å²) in [6.45, 7) is 1.04. The maximum Gasteiger partial charge on any atom is 0.414 e. The highest BCUT2D eigenvalue weighted by molar-refractivity contribution is 7.80. The molecule has 158 valence electrons. The summed E-state index contributed by atoms with van der Waals surface area (Å²) in [6.07, 6.45) is -2.20. The van der Waals surface area contributed by atoms with Gasteiger partial charge in [-0.05, 0) is 36.5 Å². The smallest absolute Gasteiger partial charge is 0.414 e. The van der Waals surface area contributed by atoms with Crippen LogP contribution in [0.5, 0.6) is 0 Å². The summed E-state index contributed by atoms with van der Waals surface area (Å²) in [4.78, 5) is 26.2. The average molecular weight is 427 g/mol.